The Morgan fingerprint density at radius 3 is 2.73 bits per heavy atom. The third-order valence-electron chi connectivity index (χ3n) is 3.12. The van der Waals surface area contributed by atoms with E-state index in [-0.39, 0.29) is 19.3 Å². The van der Waals surface area contributed by atoms with Crippen LogP contribution >= 0.6 is 11.6 Å². The lowest BCUT2D eigenvalue weighted by atomic mass is 10.2. The fraction of sp³-hybridized carbons (Fsp3) is 0.188. The Morgan fingerprint density at radius 1 is 1.14 bits per heavy atom. The van der Waals surface area contributed by atoms with Crippen molar-refractivity contribution in [1.82, 2.24) is 5.32 Å². The van der Waals surface area contributed by atoms with Crippen LogP contribution in [0, 0.1) is 0 Å². The number of halogens is 1. The van der Waals surface area contributed by atoms with Crippen molar-refractivity contribution in [3.63, 3.8) is 0 Å². The lowest BCUT2D eigenvalue weighted by Crippen LogP contribution is -2.28. The molecule has 0 radical (unpaired) electrons. The van der Waals surface area contributed by atoms with Crippen LogP contribution in [-0.4, -0.2) is 19.3 Å². The zero-order chi connectivity index (χ0) is 15.4. The number of hydrogen-bond donors (Lipinski definition) is 1. The second kappa shape index (κ2) is 6.58. The number of benzene rings is 2. The van der Waals surface area contributed by atoms with Gasteiger partial charge >= 0.3 is 0 Å². The quantitative estimate of drug-likeness (QED) is 0.920. The molecule has 114 valence electrons. The summed E-state index contributed by atoms with van der Waals surface area (Å²) >= 11 is 5.81. The molecule has 0 atom stereocenters. The number of rotatable bonds is 5. The average molecular weight is 320 g/mol. The van der Waals surface area contributed by atoms with Crippen molar-refractivity contribution in [3.05, 3.63) is 53.1 Å². The summed E-state index contributed by atoms with van der Waals surface area (Å²) in [6.45, 7) is 0.577. The van der Waals surface area contributed by atoms with Crippen LogP contribution in [0.4, 0.5) is 0 Å². The van der Waals surface area contributed by atoms with Crippen LogP contribution in [0.2, 0.25) is 5.02 Å². The van der Waals surface area contributed by atoms with E-state index >= 15 is 0 Å². The molecule has 1 N–H and O–H groups in total. The molecular weight excluding hydrogens is 306 g/mol. The molecule has 3 rings (SSSR count). The summed E-state index contributed by atoms with van der Waals surface area (Å²) in [7, 11) is 0. The SMILES string of the molecule is O=C(COc1ccc2c(c1)OCO2)NCc1ccc(Cl)cc1. The summed E-state index contributed by atoms with van der Waals surface area (Å²) in [5, 5.41) is 3.45. The van der Waals surface area contributed by atoms with Crippen LogP contribution in [0.3, 0.4) is 0 Å². The van der Waals surface area contributed by atoms with Gasteiger partial charge in [-0.15, -0.1) is 0 Å². The van der Waals surface area contributed by atoms with Gasteiger partial charge < -0.3 is 19.5 Å². The molecule has 0 aliphatic carbocycles. The third kappa shape index (κ3) is 3.62. The van der Waals surface area contributed by atoms with E-state index in [4.69, 9.17) is 25.8 Å². The van der Waals surface area contributed by atoms with Gasteiger partial charge in [-0.1, -0.05) is 23.7 Å². The minimum atomic E-state index is -0.201. The second-order valence-corrected chi connectivity index (χ2v) is 5.14. The molecule has 1 aliphatic heterocycles. The lowest BCUT2D eigenvalue weighted by Gasteiger charge is -2.08. The second-order valence-electron chi connectivity index (χ2n) is 4.71. The summed E-state index contributed by atoms with van der Waals surface area (Å²) in [5.74, 6) is 1.66. The van der Waals surface area contributed by atoms with Crippen LogP contribution in [-0.2, 0) is 11.3 Å². The van der Waals surface area contributed by atoms with Crippen molar-refractivity contribution in [2.45, 2.75) is 6.54 Å². The highest BCUT2D eigenvalue weighted by Gasteiger charge is 2.14. The fourth-order valence-electron chi connectivity index (χ4n) is 1.97. The third-order valence-corrected chi connectivity index (χ3v) is 3.37. The molecule has 0 aromatic heterocycles. The number of fused-ring (bicyclic) bond motifs is 1. The minimum absolute atomic E-state index is 0.0623. The molecule has 0 fully saturated rings. The Labute approximate surface area is 132 Å². The Morgan fingerprint density at radius 2 is 1.91 bits per heavy atom. The maximum Gasteiger partial charge on any atom is 0.258 e. The van der Waals surface area contributed by atoms with Crippen molar-refractivity contribution in [2.24, 2.45) is 0 Å². The fourth-order valence-corrected chi connectivity index (χ4v) is 2.10. The van der Waals surface area contributed by atoms with Gasteiger partial charge in [-0.2, -0.15) is 0 Å². The molecule has 0 saturated carbocycles. The van der Waals surface area contributed by atoms with Crippen LogP contribution in [0.1, 0.15) is 5.56 Å². The van der Waals surface area contributed by atoms with E-state index in [0.29, 0.717) is 28.8 Å². The van der Waals surface area contributed by atoms with Gasteiger partial charge in [0, 0.05) is 17.6 Å². The highest BCUT2D eigenvalue weighted by molar-refractivity contribution is 6.30. The maximum absolute atomic E-state index is 11.8. The molecule has 0 spiro atoms. The Balaban J connectivity index is 1.47. The molecule has 22 heavy (non-hydrogen) atoms. The van der Waals surface area contributed by atoms with Crippen molar-refractivity contribution in [3.8, 4) is 17.2 Å². The van der Waals surface area contributed by atoms with Gasteiger partial charge in [-0.3, -0.25) is 4.79 Å². The number of amides is 1. The Bertz CT molecular complexity index is 672. The van der Waals surface area contributed by atoms with Gasteiger partial charge in [0.1, 0.15) is 5.75 Å². The van der Waals surface area contributed by atoms with Gasteiger partial charge in [-0.05, 0) is 29.8 Å². The summed E-state index contributed by atoms with van der Waals surface area (Å²) in [4.78, 5) is 11.8. The van der Waals surface area contributed by atoms with Crippen molar-refractivity contribution < 1.29 is 19.0 Å². The highest BCUT2D eigenvalue weighted by Crippen LogP contribution is 2.34. The van der Waals surface area contributed by atoms with Gasteiger partial charge in [0.05, 0.1) is 0 Å². The van der Waals surface area contributed by atoms with E-state index in [1.54, 1.807) is 30.3 Å². The molecule has 0 bridgehead atoms. The van der Waals surface area contributed by atoms with Crippen molar-refractivity contribution in [1.29, 1.82) is 0 Å². The molecule has 2 aromatic rings. The highest BCUT2D eigenvalue weighted by atomic mass is 35.5. The number of carbonyl (C=O) groups excluding carboxylic acids is 1. The lowest BCUT2D eigenvalue weighted by molar-refractivity contribution is -0.123. The van der Waals surface area contributed by atoms with Crippen LogP contribution in [0.5, 0.6) is 17.2 Å². The summed E-state index contributed by atoms with van der Waals surface area (Å²) in [6.07, 6.45) is 0. The maximum atomic E-state index is 11.8. The van der Waals surface area contributed by atoms with E-state index in [1.807, 2.05) is 12.1 Å². The van der Waals surface area contributed by atoms with Crippen molar-refractivity contribution in [2.75, 3.05) is 13.4 Å². The first-order chi connectivity index (χ1) is 10.7. The molecule has 2 aromatic carbocycles. The van der Waals surface area contributed by atoms with E-state index < -0.39 is 0 Å². The number of hydrogen-bond acceptors (Lipinski definition) is 4. The first-order valence-corrected chi connectivity index (χ1v) is 7.12. The molecule has 1 heterocycles. The average Bonchev–Trinajstić information content (AvgIpc) is 3.00. The van der Waals surface area contributed by atoms with Crippen LogP contribution in [0.15, 0.2) is 42.5 Å². The van der Waals surface area contributed by atoms with Crippen LogP contribution in [0.25, 0.3) is 0 Å². The Kier molecular flexibility index (Phi) is 4.34. The predicted octanol–water partition coefficient (Wildman–Crippen LogP) is 2.76. The first kappa shape index (κ1) is 14.5. The van der Waals surface area contributed by atoms with E-state index in [9.17, 15) is 4.79 Å². The molecule has 5 nitrogen and oxygen atoms in total. The largest absolute Gasteiger partial charge is 0.484 e. The summed E-state index contributed by atoms with van der Waals surface area (Å²) in [5.41, 5.74) is 0.973. The minimum Gasteiger partial charge on any atom is -0.484 e. The zero-order valence-corrected chi connectivity index (χ0v) is 12.4. The number of ether oxygens (including phenoxy) is 3. The molecule has 1 aliphatic rings. The smallest absolute Gasteiger partial charge is 0.258 e. The van der Waals surface area contributed by atoms with E-state index in [1.165, 1.54) is 0 Å². The summed E-state index contributed by atoms with van der Waals surface area (Å²) in [6, 6.07) is 12.5. The van der Waals surface area contributed by atoms with Crippen LogP contribution < -0.4 is 19.5 Å². The zero-order valence-electron chi connectivity index (χ0n) is 11.7. The van der Waals surface area contributed by atoms with Crippen molar-refractivity contribution >= 4 is 17.5 Å². The molecule has 0 unspecified atom stereocenters. The number of nitrogens with one attached hydrogen (secondary N) is 1. The normalized spacial score (nSPS) is 12.0. The Hall–Kier alpha value is -2.40. The molecular formula is C16H14ClNO4. The molecule has 0 saturated heterocycles. The van der Waals surface area contributed by atoms with Gasteiger partial charge in [0.25, 0.3) is 5.91 Å². The topological polar surface area (TPSA) is 56.8 Å². The standard InChI is InChI=1S/C16H14ClNO4/c17-12-3-1-11(2-4-12)8-18-16(19)9-20-13-5-6-14-15(7-13)22-10-21-14/h1-7H,8-10H2,(H,18,19). The monoisotopic (exact) mass is 319 g/mol. The molecule has 6 heteroatoms. The van der Waals surface area contributed by atoms with Gasteiger partial charge in [0.15, 0.2) is 18.1 Å². The molecule has 1 amide bonds. The van der Waals surface area contributed by atoms with Gasteiger partial charge in [-0.25, -0.2) is 0 Å². The number of carbonyl (C=O) groups is 1. The predicted molar refractivity (Wildman–Crippen MR) is 81.4 cm³/mol. The van der Waals surface area contributed by atoms with E-state index in [2.05, 4.69) is 5.32 Å². The first-order valence-electron chi connectivity index (χ1n) is 6.74. The van der Waals surface area contributed by atoms with E-state index in [0.717, 1.165) is 5.56 Å². The van der Waals surface area contributed by atoms with Gasteiger partial charge in [0.2, 0.25) is 6.79 Å². The summed E-state index contributed by atoms with van der Waals surface area (Å²) < 4.78 is 15.9.